The minimum absolute atomic E-state index is 0.00274. The Morgan fingerprint density at radius 3 is 1.61 bits per heavy atom. The highest BCUT2D eigenvalue weighted by molar-refractivity contribution is 5.99. The van der Waals surface area contributed by atoms with Gasteiger partial charge in [0.2, 0.25) is 11.8 Å². The molecule has 3 amide bonds. The first-order chi connectivity index (χ1) is 33.5. The molecule has 69 heavy (non-hydrogen) atoms. The molecule has 4 heterocycles. The lowest BCUT2D eigenvalue weighted by Gasteiger charge is -2.33. The Bertz CT molecular complexity index is 2320. The zero-order valence-corrected chi connectivity index (χ0v) is 41.7. The largest absolute Gasteiger partial charge is 0.478 e. The van der Waals surface area contributed by atoms with Crippen LogP contribution >= 0.6 is 0 Å². The number of nitrogens with zero attached hydrogens (tertiary/aromatic N) is 3. The maximum absolute atomic E-state index is 13.3. The van der Waals surface area contributed by atoms with Gasteiger partial charge in [0.05, 0.1) is 5.56 Å². The van der Waals surface area contributed by atoms with Crippen molar-refractivity contribution in [2.75, 3.05) is 79.0 Å². The van der Waals surface area contributed by atoms with E-state index in [1.54, 1.807) is 11.0 Å². The summed E-state index contributed by atoms with van der Waals surface area (Å²) in [6.07, 6.45) is 13.6. The van der Waals surface area contributed by atoms with Crippen LogP contribution in [-0.2, 0) is 58.8 Å². The molecule has 8 rings (SSSR count). The molecule has 15 heteroatoms. The van der Waals surface area contributed by atoms with E-state index in [0.29, 0.717) is 55.3 Å². The van der Waals surface area contributed by atoms with Gasteiger partial charge in [0, 0.05) is 118 Å². The zero-order chi connectivity index (χ0) is 49.3. The van der Waals surface area contributed by atoms with Gasteiger partial charge in [-0.25, -0.2) is 13.6 Å². The molecule has 2 aliphatic carbocycles. The molecule has 4 aliphatic rings. The number of hydrogen-bond acceptors (Lipinski definition) is 7. The molecule has 2 unspecified atom stereocenters. The van der Waals surface area contributed by atoms with Gasteiger partial charge in [-0.15, -0.1) is 0 Å². The topological polar surface area (TPSA) is 156 Å². The monoisotopic (exact) mass is 961 g/mol. The van der Waals surface area contributed by atoms with E-state index in [-0.39, 0.29) is 30.8 Å². The van der Waals surface area contributed by atoms with Crippen molar-refractivity contribution >= 4 is 45.5 Å². The van der Waals surface area contributed by atoms with E-state index in [9.17, 15) is 33.1 Å². The first kappa shape index (κ1) is 53.5. The Balaban J connectivity index is 0.000000192. The number of amides is 3. The van der Waals surface area contributed by atoms with Crippen LogP contribution in [0.3, 0.4) is 0 Å². The van der Waals surface area contributed by atoms with Crippen molar-refractivity contribution in [1.29, 1.82) is 0 Å². The summed E-state index contributed by atoms with van der Waals surface area (Å²) in [6, 6.07) is 11.6. The van der Waals surface area contributed by atoms with Gasteiger partial charge in [-0.1, -0.05) is 6.92 Å². The van der Waals surface area contributed by atoms with Crippen LogP contribution in [-0.4, -0.2) is 122 Å². The first-order valence-electron chi connectivity index (χ1n) is 25.7. The van der Waals surface area contributed by atoms with Gasteiger partial charge < -0.3 is 44.6 Å². The number of halogens is 2. The smallest absolute Gasteiger partial charge is 0.335 e. The first-order valence-corrected chi connectivity index (χ1v) is 25.7. The number of ether oxygens (including phenoxy) is 2. The van der Waals surface area contributed by atoms with Gasteiger partial charge in [0.1, 0.15) is 13.3 Å². The van der Waals surface area contributed by atoms with Crippen LogP contribution in [0, 0.1) is 23.7 Å². The molecule has 0 bridgehead atoms. The van der Waals surface area contributed by atoms with E-state index < -0.39 is 19.3 Å². The van der Waals surface area contributed by atoms with E-state index in [1.165, 1.54) is 59.1 Å². The number of aromatic nitrogens is 2. The number of carbonyl (C=O) groups excluding carboxylic acids is 3. The maximum atomic E-state index is 13.3. The van der Waals surface area contributed by atoms with E-state index >= 15 is 0 Å². The molecule has 2 aromatic heterocycles. The average Bonchev–Trinajstić information content (AvgIpc) is 3.83. The number of carboxylic acids is 1. The van der Waals surface area contributed by atoms with E-state index in [2.05, 4.69) is 51.3 Å². The molecule has 2 fully saturated rings. The van der Waals surface area contributed by atoms with Crippen molar-refractivity contribution in [2.24, 2.45) is 37.8 Å². The number of hydrogen-bond donors (Lipinski definition) is 4. The molecule has 0 saturated carbocycles. The Hall–Kier alpha value is -4.86. The lowest BCUT2D eigenvalue weighted by molar-refractivity contribution is -0.122. The van der Waals surface area contributed by atoms with E-state index in [4.69, 9.17) is 9.47 Å². The Labute approximate surface area is 407 Å². The lowest BCUT2D eigenvalue weighted by atomic mass is 9.75. The molecule has 0 spiro atoms. The number of nitrogens with one attached hydrogen (secondary N) is 3. The van der Waals surface area contributed by atoms with Crippen LogP contribution in [0.15, 0.2) is 36.4 Å². The highest BCUT2D eigenvalue weighted by Gasteiger charge is 2.32. The predicted molar refractivity (Wildman–Crippen MR) is 267 cm³/mol. The van der Waals surface area contributed by atoms with Crippen LogP contribution in [0.25, 0.3) is 21.8 Å². The van der Waals surface area contributed by atoms with Gasteiger partial charge in [0.25, 0.3) is 5.91 Å². The van der Waals surface area contributed by atoms with Crippen molar-refractivity contribution in [1.82, 2.24) is 30.0 Å². The second-order valence-electron chi connectivity index (χ2n) is 19.2. The minimum Gasteiger partial charge on any atom is -0.478 e. The summed E-state index contributed by atoms with van der Waals surface area (Å²) in [6.45, 7) is 9.53. The number of aromatic carboxylic acids is 1. The Morgan fingerprint density at radius 2 is 1.14 bits per heavy atom. The fourth-order valence-corrected chi connectivity index (χ4v) is 11.2. The zero-order valence-electron chi connectivity index (χ0n) is 41.7. The summed E-state index contributed by atoms with van der Waals surface area (Å²) in [5.74, 6) is 1.82. The molecule has 2 atom stereocenters. The number of carboxylic acid groups (broad SMARTS) is 1. The van der Waals surface area contributed by atoms with Crippen LogP contribution in [0.2, 0.25) is 0 Å². The fraction of sp³-hybridized carbons (Fsp3) is 0.630. The molecule has 13 nitrogen and oxygen atoms in total. The average molecular weight is 961 g/mol. The standard InChI is InChI=1S/C27H38FN3O3.C19H23NO3.C8H17FN2O/c1-3-31(14-4-5-26(32)29-13-12-28)27(33)21-7-9-25-23(18-21)22-17-20(6-8-24(22)30(25)2)19-10-15-34-16-11-19;1-20-17-4-2-13(12-6-8-23-9-7-12)10-15(17)16-11-14(19(21)22)3-5-18(16)20;1-2-10-6-3-4-8(12)11-7-5-9/h7,9,18-20H,3-6,8,10-17H2,1-2H3,(H,29,32);3,5,11-13H,2,4,6-10H2,1H3,(H,21,22);10H,2-7H2,1H3,(H,11,12). The molecule has 4 N–H and O–H groups in total. The minimum atomic E-state index is -0.846. The lowest BCUT2D eigenvalue weighted by Crippen LogP contribution is -2.33. The fourth-order valence-electron chi connectivity index (χ4n) is 11.2. The highest BCUT2D eigenvalue weighted by Crippen LogP contribution is 2.41. The molecule has 2 saturated heterocycles. The second kappa shape index (κ2) is 26.9. The third-order valence-corrected chi connectivity index (χ3v) is 15.0. The number of fused-ring (bicyclic) bond motifs is 6. The number of aryl methyl sites for hydroxylation is 2. The number of rotatable bonds is 18. The van der Waals surface area contributed by atoms with Crippen LogP contribution in [0.1, 0.15) is 121 Å². The van der Waals surface area contributed by atoms with Crippen molar-refractivity contribution in [3.05, 3.63) is 70.0 Å². The number of benzene rings is 2. The quantitative estimate of drug-likeness (QED) is 0.0734. The summed E-state index contributed by atoms with van der Waals surface area (Å²) in [5, 5.41) is 19.7. The Kier molecular flexibility index (Phi) is 20.9. The van der Waals surface area contributed by atoms with Crippen molar-refractivity contribution < 1.29 is 42.5 Å². The van der Waals surface area contributed by atoms with E-state index in [0.717, 1.165) is 107 Å². The van der Waals surface area contributed by atoms with Crippen LogP contribution in [0.4, 0.5) is 8.78 Å². The highest BCUT2D eigenvalue weighted by atomic mass is 19.1. The maximum Gasteiger partial charge on any atom is 0.335 e. The molecular formula is C54H78F2N6O7. The number of carbonyl (C=O) groups is 4. The third kappa shape index (κ3) is 14.2. The Morgan fingerprint density at radius 1 is 0.667 bits per heavy atom. The van der Waals surface area contributed by atoms with Gasteiger partial charge >= 0.3 is 5.97 Å². The van der Waals surface area contributed by atoms with Crippen molar-refractivity contribution in [3.63, 3.8) is 0 Å². The van der Waals surface area contributed by atoms with Gasteiger partial charge in [-0.3, -0.25) is 14.4 Å². The second-order valence-corrected chi connectivity index (χ2v) is 19.2. The SMILES string of the molecule is CCN(CCCC(=O)NCCF)C(=O)c1ccc2c(c1)c1c(n2C)CCC(C2CCOCC2)C1.CCNCCCC(=O)NCCF.Cn1c2c(c3cc(C(=O)O)ccc31)CC(C1CCOCC1)CC2. The summed E-state index contributed by atoms with van der Waals surface area (Å²) in [5.41, 5.74) is 9.06. The summed E-state index contributed by atoms with van der Waals surface area (Å²) < 4.78 is 39.4. The van der Waals surface area contributed by atoms with Crippen molar-refractivity contribution in [2.45, 2.75) is 104 Å². The summed E-state index contributed by atoms with van der Waals surface area (Å²) in [4.78, 5) is 49.0. The molecule has 380 valence electrons. The van der Waals surface area contributed by atoms with Crippen LogP contribution in [0.5, 0.6) is 0 Å². The van der Waals surface area contributed by atoms with Gasteiger partial charge in [-0.05, 0) is 168 Å². The number of alkyl halides is 2. The molecule has 0 radical (unpaired) electrons. The summed E-state index contributed by atoms with van der Waals surface area (Å²) >= 11 is 0. The molecule has 2 aromatic carbocycles. The third-order valence-electron chi connectivity index (χ3n) is 15.0. The molecular weight excluding hydrogens is 883 g/mol. The van der Waals surface area contributed by atoms with Gasteiger partial charge in [0.15, 0.2) is 0 Å². The van der Waals surface area contributed by atoms with E-state index in [1.807, 2.05) is 32.0 Å². The normalized spacial score (nSPS) is 18.3. The predicted octanol–water partition coefficient (Wildman–Crippen LogP) is 7.91. The van der Waals surface area contributed by atoms with Crippen LogP contribution < -0.4 is 16.0 Å². The molecule has 4 aromatic rings. The van der Waals surface area contributed by atoms with Gasteiger partial charge in [-0.2, -0.15) is 0 Å². The molecule has 2 aliphatic heterocycles. The van der Waals surface area contributed by atoms with Crippen molar-refractivity contribution in [3.8, 4) is 0 Å². The summed E-state index contributed by atoms with van der Waals surface area (Å²) in [7, 11) is 4.25.